The lowest BCUT2D eigenvalue weighted by atomic mass is 9.97. The minimum Gasteiger partial charge on any atom is -0.379 e. The molecule has 0 bridgehead atoms. The van der Waals surface area contributed by atoms with Crippen LogP contribution in [0.4, 0.5) is 0 Å². The van der Waals surface area contributed by atoms with E-state index in [1.54, 1.807) is 6.07 Å². The summed E-state index contributed by atoms with van der Waals surface area (Å²) in [5.74, 6) is -1.33. The smallest absolute Gasteiger partial charge is 0.309 e. The lowest BCUT2D eigenvalue weighted by Gasteiger charge is -2.35. The summed E-state index contributed by atoms with van der Waals surface area (Å²) in [5, 5.41) is 8.31. The van der Waals surface area contributed by atoms with Gasteiger partial charge in [-0.05, 0) is 28.0 Å². The summed E-state index contributed by atoms with van der Waals surface area (Å²) in [5.41, 5.74) is 1.89. The van der Waals surface area contributed by atoms with Crippen LogP contribution < -0.4 is 10.6 Å². The highest BCUT2D eigenvalue weighted by atomic mass is 35.5. The summed E-state index contributed by atoms with van der Waals surface area (Å²) >= 11 is 6.12. The standard InChI is InChI=1S/C25H26ClN3O3/c26-22-11-4-2-7-19(22)16-27-24(30)25(31)28-17-23(29-12-14-32-15-13-29)21-10-5-8-18-6-1-3-9-20(18)21/h1-11,23H,12-17H2,(H,27,30)(H,28,31). The number of fused-ring (bicyclic) bond motifs is 1. The van der Waals surface area contributed by atoms with Gasteiger partial charge in [-0.15, -0.1) is 0 Å². The molecule has 0 aromatic heterocycles. The molecule has 0 radical (unpaired) electrons. The van der Waals surface area contributed by atoms with Crippen LogP contribution in [0.15, 0.2) is 66.7 Å². The van der Waals surface area contributed by atoms with Crippen molar-refractivity contribution in [1.29, 1.82) is 0 Å². The van der Waals surface area contributed by atoms with Crippen LogP contribution in [0, 0.1) is 0 Å². The minimum atomic E-state index is -0.677. The molecule has 6 nitrogen and oxygen atoms in total. The number of hydrogen-bond acceptors (Lipinski definition) is 4. The lowest BCUT2D eigenvalue weighted by Crippen LogP contribution is -2.46. The fourth-order valence-corrected chi connectivity index (χ4v) is 4.24. The molecular weight excluding hydrogens is 426 g/mol. The number of nitrogens with zero attached hydrogens (tertiary/aromatic N) is 1. The first-order chi connectivity index (χ1) is 15.6. The zero-order valence-electron chi connectivity index (χ0n) is 17.7. The molecular formula is C25H26ClN3O3. The highest BCUT2D eigenvalue weighted by Gasteiger charge is 2.25. The summed E-state index contributed by atoms with van der Waals surface area (Å²) in [7, 11) is 0. The first-order valence-corrected chi connectivity index (χ1v) is 11.1. The second-order valence-corrected chi connectivity index (χ2v) is 8.12. The SMILES string of the molecule is O=C(NCc1ccccc1Cl)C(=O)NCC(c1cccc2ccccc12)N1CCOCC1. The molecule has 4 rings (SSSR count). The van der Waals surface area contributed by atoms with Crippen molar-refractivity contribution in [2.45, 2.75) is 12.6 Å². The fourth-order valence-electron chi connectivity index (χ4n) is 4.03. The van der Waals surface area contributed by atoms with E-state index in [1.165, 1.54) is 0 Å². The number of ether oxygens (including phenoxy) is 1. The van der Waals surface area contributed by atoms with E-state index in [2.05, 4.69) is 39.8 Å². The first kappa shape index (κ1) is 22.3. The number of hydrogen-bond donors (Lipinski definition) is 2. The number of morpholine rings is 1. The van der Waals surface area contributed by atoms with Crippen molar-refractivity contribution in [3.8, 4) is 0 Å². The van der Waals surface area contributed by atoms with Gasteiger partial charge in [0, 0.05) is 31.2 Å². The number of nitrogens with one attached hydrogen (secondary N) is 2. The maximum absolute atomic E-state index is 12.5. The molecule has 1 aliphatic rings. The van der Waals surface area contributed by atoms with Gasteiger partial charge in [0.05, 0.1) is 19.3 Å². The maximum atomic E-state index is 12.5. The van der Waals surface area contributed by atoms with Crippen LogP contribution in [0.25, 0.3) is 10.8 Å². The van der Waals surface area contributed by atoms with Gasteiger partial charge >= 0.3 is 11.8 Å². The first-order valence-electron chi connectivity index (χ1n) is 10.7. The molecule has 32 heavy (non-hydrogen) atoms. The Bertz CT molecular complexity index is 1090. The van der Waals surface area contributed by atoms with Gasteiger partial charge in [-0.2, -0.15) is 0 Å². The Kier molecular flexibility index (Phi) is 7.37. The van der Waals surface area contributed by atoms with Crippen molar-refractivity contribution < 1.29 is 14.3 Å². The molecule has 0 spiro atoms. The topological polar surface area (TPSA) is 70.7 Å². The van der Waals surface area contributed by atoms with E-state index in [0.717, 1.165) is 35.0 Å². The predicted molar refractivity (Wildman–Crippen MR) is 125 cm³/mol. The molecule has 0 aliphatic carbocycles. The second kappa shape index (κ2) is 10.6. The van der Waals surface area contributed by atoms with Crippen LogP contribution in [-0.4, -0.2) is 49.6 Å². The van der Waals surface area contributed by atoms with Crippen molar-refractivity contribution in [3.63, 3.8) is 0 Å². The minimum absolute atomic E-state index is 0.0645. The number of rotatable bonds is 6. The molecule has 0 saturated carbocycles. The van der Waals surface area contributed by atoms with Crippen molar-refractivity contribution in [1.82, 2.24) is 15.5 Å². The van der Waals surface area contributed by atoms with Crippen LogP contribution in [0.3, 0.4) is 0 Å². The third-order valence-corrected chi connectivity index (χ3v) is 6.10. The molecule has 1 atom stereocenters. The molecule has 1 saturated heterocycles. The van der Waals surface area contributed by atoms with Crippen molar-refractivity contribution >= 4 is 34.2 Å². The van der Waals surface area contributed by atoms with Gasteiger partial charge in [0.15, 0.2) is 0 Å². The van der Waals surface area contributed by atoms with E-state index in [1.807, 2.05) is 36.4 Å². The summed E-state index contributed by atoms with van der Waals surface area (Å²) in [6.07, 6.45) is 0. The molecule has 2 amide bonds. The summed E-state index contributed by atoms with van der Waals surface area (Å²) in [4.78, 5) is 27.2. The Balaban J connectivity index is 1.46. The largest absolute Gasteiger partial charge is 0.379 e. The number of benzene rings is 3. The van der Waals surface area contributed by atoms with Gasteiger partial charge in [-0.1, -0.05) is 72.3 Å². The fraction of sp³-hybridized carbons (Fsp3) is 0.280. The van der Waals surface area contributed by atoms with Gasteiger partial charge in [-0.3, -0.25) is 14.5 Å². The Morgan fingerprint density at radius 2 is 1.59 bits per heavy atom. The average molecular weight is 452 g/mol. The highest BCUT2D eigenvalue weighted by molar-refractivity contribution is 6.35. The van der Waals surface area contributed by atoms with E-state index >= 15 is 0 Å². The lowest BCUT2D eigenvalue weighted by molar-refractivity contribution is -0.139. The Morgan fingerprint density at radius 1 is 0.906 bits per heavy atom. The van der Waals surface area contributed by atoms with Gasteiger partial charge in [0.1, 0.15) is 0 Å². The quantitative estimate of drug-likeness (QED) is 0.564. The zero-order chi connectivity index (χ0) is 22.3. The van der Waals surface area contributed by atoms with Crippen molar-refractivity contribution in [3.05, 3.63) is 82.9 Å². The van der Waals surface area contributed by atoms with Crippen LogP contribution in [0.2, 0.25) is 5.02 Å². The summed E-state index contributed by atoms with van der Waals surface area (Å²) < 4.78 is 5.52. The number of halogens is 1. The third kappa shape index (κ3) is 5.27. The third-order valence-electron chi connectivity index (χ3n) is 5.73. The van der Waals surface area contributed by atoms with Crippen LogP contribution >= 0.6 is 11.6 Å². The predicted octanol–water partition coefficient (Wildman–Crippen LogP) is 3.30. The van der Waals surface area contributed by atoms with Gasteiger partial charge in [-0.25, -0.2) is 0 Å². The highest BCUT2D eigenvalue weighted by Crippen LogP contribution is 2.28. The Morgan fingerprint density at radius 3 is 2.41 bits per heavy atom. The van der Waals surface area contributed by atoms with Crippen LogP contribution in [-0.2, 0) is 20.9 Å². The van der Waals surface area contributed by atoms with Crippen molar-refractivity contribution in [2.24, 2.45) is 0 Å². The van der Waals surface area contributed by atoms with E-state index in [-0.39, 0.29) is 12.6 Å². The van der Waals surface area contributed by atoms with Crippen LogP contribution in [0.1, 0.15) is 17.2 Å². The van der Waals surface area contributed by atoms with Crippen molar-refractivity contribution in [2.75, 3.05) is 32.8 Å². The Labute approximate surface area is 192 Å². The van der Waals surface area contributed by atoms with E-state index in [9.17, 15) is 9.59 Å². The average Bonchev–Trinajstić information content (AvgIpc) is 2.84. The van der Waals surface area contributed by atoms with Gasteiger partial charge in [0.2, 0.25) is 0 Å². The number of amides is 2. The zero-order valence-corrected chi connectivity index (χ0v) is 18.5. The number of carbonyl (C=O) groups is 2. The van der Waals surface area contributed by atoms with E-state index in [4.69, 9.17) is 16.3 Å². The molecule has 3 aromatic carbocycles. The molecule has 2 N–H and O–H groups in total. The molecule has 1 unspecified atom stereocenters. The molecule has 166 valence electrons. The molecule has 1 fully saturated rings. The monoisotopic (exact) mass is 451 g/mol. The van der Waals surface area contributed by atoms with E-state index in [0.29, 0.717) is 24.8 Å². The van der Waals surface area contributed by atoms with Crippen LogP contribution in [0.5, 0.6) is 0 Å². The normalized spacial score (nSPS) is 15.3. The van der Waals surface area contributed by atoms with E-state index < -0.39 is 11.8 Å². The second-order valence-electron chi connectivity index (χ2n) is 7.72. The molecule has 1 aliphatic heterocycles. The summed E-state index contributed by atoms with van der Waals surface area (Å²) in [6.45, 7) is 3.35. The number of carbonyl (C=O) groups excluding carboxylic acids is 2. The van der Waals surface area contributed by atoms with Gasteiger partial charge < -0.3 is 15.4 Å². The molecule has 3 aromatic rings. The Hall–Kier alpha value is -2.93. The molecule has 7 heteroatoms. The molecule has 1 heterocycles. The summed E-state index contributed by atoms with van der Waals surface area (Å²) in [6, 6.07) is 21.6. The van der Waals surface area contributed by atoms with Gasteiger partial charge in [0.25, 0.3) is 0 Å². The maximum Gasteiger partial charge on any atom is 0.309 e.